The number of esters is 3. The van der Waals surface area contributed by atoms with E-state index >= 15 is 0 Å². The van der Waals surface area contributed by atoms with Gasteiger partial charge in [-0.25, -0.2) is 4.79 Å². The third-order valence-corrected chi connectivity index (χ3v) is 7.96. The van der Waals surface area contributed by atoms with Crippen LogP contribution in [0.15, 0.2) is 59.8 Å². The van der Waals surface area contributed by atoms with E-state index < -0.39 is 18.2 Å². The van der Waals surface area contributed by atoms with E-state index in [4.69, 9.17) is 23.7 Å². The van der Waals surface area contributed by atoms with Gasteiger partial charge in [0.05, 0.1) is 51.5 Å². The first kappa shape index (κ1) is 33.5. The molecule has 0 saturated carbocycles. The summed E-state index contributed by atoms with van der Waals surface area (Å²) in [7, 11) is 2.74. The van der Waals surface area contributed by atoms with Crippen molar-refractivity contribution >= 4 is 17.9 Å². The molecule has 3 aliphatic rings. The molecule has 3 aliphatic heterocycles. The van der Waals surface area contributed by atoms with E-state index in [1.165, 1.54) is 20.3 Å². The van der Waals surface area contributed by atoms with Crippen LogP contribution in [0.2, 0.25) is 0 Å². The molecule has 0 aromatic rings. The minimum atomic E-state index is -0.474. The third-order valence-electron chi connectivity index (χ3n) is 7.96. The molecule has 0 unspecified atom stereocenters. The Morgan fingerprint density at radius 3 is 2.36 bits per heavy atom. The van der Waals surface area contributed by atoms with Crippen molar-refractivity contribution in [3.8, 4) is 0 Å². The topological polar surface area (TPSA) is 97.4 Å². The fourth-order valence-corrected chi connectivity index (χ4v) is 5.75. The number of allylic oxidation sites excluding steroid dienone is 5. The predicted molar refractivity (Wildman–Crippen MR) is 160 cm³/mol. The lowest BCUT2D eigenvalue weighted by Crippen LogP contribution is -2.37. The molecule has 2 fully saturated rings. The molecule has 0 spiro atoms. The lowest BCUT2D eigenvalue weighted by atomic mass is 9.89. The molecule has 0 radical (unpaired) electrons. The summed E-state index contributed by atoms with van der Waals surface area (Å²) in [6, 6.07) is 0. The van der Waals surface area contributed by atoms with Gasteiger partial charge in [0.15, 0.2) is 0 Å². The molecule has 4 bridgehead atoms. The summed E-state index contributed by atoms with van der Waals surface area (Å²) in [6.45, 7) is 6.10. The number of hydrogen-bond donors (Lipinski definition) is 0. The Bertz CT molecular complexity index is 1070. The Hall–Kier alpha value is -2.97. The van der Waals surface area contributed by atoms with Crippen LogP contribution >= 0.6 is 0 Å². The first-order chi connectivity index (χ1) is 20.1. The minimum absolute atomic E-state index is 0.0552. The van der Waals surface area contributed by atoms with Crippen LogP contribution in [0.5, 0.6) is 0 Å². The average Bonchev–Trinajstić information content (AvgIpc) is 2.94. The number of fused-ring (bicyclic) bond motifs is 4. The zero-order valence-electron chi connectivity index (χ0n) is 25.8. The maximum Gasteiger partial charge on any atom is 0.330 e. The van der Waals surface area contributed by atoms with Crippen LogP contribution in [-0.4, -0.2) is 62.6 Å². The number of carbonyl (C=O) groups is 3. The Kier molecular flexibility index (Phi) is 13.7. The smallest absolute Gasteiger partial charge is 0.330 e. The van der Waals surface area contributed by atoms with Crippen molar-refractivity contribution in [3.05, 3.63) is 59.8 Å². The van der Waals surface area contributed by atoms with Crippen molar-refractivity contribution in [2.75, 3.05) is 14.2 Å². The summed E-state index contributed by atoms with van der Waals surface area (Å²) in [4.78, 5) is 36.7. The summed E-state index contributed by atoms with van der Waals surface area (Å²) in [5.41, 5.74) is 1.80. The predicted octanol–water partition coefficient (Wildman–Crippen LogP) is 6.12. The lowest BCUT2D eigenvalue weighted by molar-refractivity contribution is -0.154. The maximum absolute atomic E-state index is 13.2. The summed E-state index contributed by atoms with van der Waals surface area (Å²) < 4.78 is 28.5. The summed E-state index contributed by atoms with van der Waals surface area (Å²) >= 11 is 0. The summed E-state index contributed by atoms with van der Waals surface area (Å²) in [5.74, 6) is -0.764. The highest BCUT2D eigenvalue weighted by atomic mass is 16.6. The van der Waals surface area contributed by atoms with Crippen LogP contribution in [0.1, 0.15) is 78.6 Å². The van der Waals surface area contributed by atoms with Crippen molar-refractivity contribution < 1.29 is 38.1 Å². The summed E-state index contributed by atoms with van der Waals surface area (Å²) in [5, 5.41) is 0. The normalized spacial score (nSPS) is 33.4. The second-order valence-electron chi connectivity index (χ2n) is 11.8. The number of hydrogen-bond acceptors (Lipinski definition) is 8. The van der Waals surface area contributed by atoms with Crippen LogP contribution in [0.3, 0.4) is 0 Å². The van der Waals surface area contributed by atoms with E-state index in [1.807, 2.05) is 44.2 Å². The fourth-order valence-electron chi connectivity index (χ4n) is 5.75. The van der Waals surface area contributed by atoms with Gasteiger partial charge >= 0.3 is 17.9 Å². The van der Waals surface area contributed by atoms with Crippen molar-refractivity contribution in [2.24, 2.45) is 11.8 Å². The molecule has 8 heteroatoms. The zero-order valence-corrected chi connectivity index (χ0v) is 25.8. The average molecular weight is 585 g/mol. The minimum Gasteiger partial charge on any atom is -0.469 e. The van der Waals surface area contributed by atoms with Crippen LogP contribution in [0, 0.1) is 11.8 Å². The third kappa shape index (κ3) is 11.7. The highest BCUT2D eigenvalue weighted by molar-refractivity contribution is 5.82. The molecule has 0 aromatic heterocycles. The molecule has 0 amide bonds. The van der Waals surface area contributed by atoms with Crippen molar-refractivity contribution in [3.63, 3.8) is 0 Å². The monoisotopic (exact) mass is 584 g/mol. The molecule has 0 aliphatic carbocycles. The van der Waals surface area contributed by atoms with Crippen LogP contribution in [0.4, 0.5) is 0 Å². The molecule has 42 heavy (non-hydrogen) atoms. The Morgan fingerprint density at radius 2 is 1.62 bits per heavy atom. The van der Waals surface area contributed by atoms with E-state index in [0.717, 1.165) is 43.3 Å². The van der Waals surface area contributed by atoms with Crippen LogP contribution in [0.25, 0.3) is 0 Å². The Labute approximate surface area is 250 Å². The van der Waals surface area contributed by atoms with Crippen molar-refractivity contribution in [1.29, 1.82) is 0 Å². The highest BCUT2D eigenvalue weighted by Crippen LogP contribution is 2.33. The first-order valence-electron chi connectivity index (χ1n) is 15.2. The molecular formula is C34H48O8. The largest absolute Gasteiger partial charge is 0.469 e. The number of rotatable bonds is 6. The number of methoxy groups -OCH3 is 2. The number of ether oxygens (including phenoxy) is 5. The lowest BCUT2D eigenvalue weighted by Gasteiger charge is -2.37. The SMILES string of the molecule is COC(=O)/C=C1\C[C@H]2CC(=O)O[C@@H](/C=C/C=C\C=C(/C)CC(=O)OC)[C@@H](C)/C=C/[C@H](C)C[C@H]3CCC[C@H](C[C@@H](C1)O2)O3. The standard InChI is InChI=1S/C34H48O8/c1-23(17-32(35)38-4)10-7-6-8-13-31-25(3)15-14-24(2)16-27-11-9-12-28(40-27)21-29-18-26(20-33(36)39-5)19-30(41-29)22-34(37)42-31/h6-8,10,13-15,20,24-25,27-31H,9,11-12,16-19,21-22H2,1-5H3/b7-6-,13-8+,15-14+,23-10+,26-20-/t24-,25-,27+,28+,29+,30-,31-/m0/s1. The molecule has 7 atom stereocenters. The second kappa shape index (κ2) is 17.2. The van der Waals surface area contributed by atoms with Gasteiger partial charge in [-0.2, -0.15) is 0 Å². The molecule has 8 nitrogen and oxygen atoms in total. The van der Waals surface area contributed by atoms with Gasteiger partial charge in [-0.05, 0) is 57.4 Å². The summed E-state index contributed by atoms with van der Waals surface area (Å²) in [6.07, 6.45) is 20.7. The number of cyclic esters (lactones) is 1. The van der Waals surface area contributed by atoms with Gasteiger partial charge in [0.1, 0.15) is 6.10 Å². The number of carbonyl (C=O) groups excluding carboxylic acids is 3. The van der Waals surface area contributed by atoms with Crippen LogP contribution in [-0.2, 0) is 38.1 Å². The second-order valence-corrected chi connectivity index (χ2v) is 11.8. The van der Waals surface area contributed by atoms with Crippen LogP contribution < -0.4 is 0 Å². The van der Waals surface area contributed by atoms with Crippen molar-refractivity contribution in [1.82, 2.24) is 0 Å². The first-order valence-corrected chi connectivity index (χ1v) is 15.2. The van der Waals surface area contributed by atoms with Gasteiger partial charge in [0.2, 0.25) is 0 Å². The quantitative estimate of drug-likeness (QED) is 0.121. The zero-order chi connectivity index (χ0) is 30.5. The fraction of sp³-hybridized carbons (Fsp3) is 0.618. The van der Waals surface area contributed by atoms with E-state index in [-0.39, 0.29) is 49.0 Å². The maximum atomic E-state index is 13.2. The highest BCUT2D eigenvalue weighted by Gasteiger charge is 2.33. The Balaban J connectivity index is 1.80. The van der Waals surface area contributed by atoms with Crippen molar-refractivity contribution in [2.45, 2.75) is 109 Å². The van der Waals surface area contributed by atoms with E-state index in [0.29, 0.717) is 18.8 Å². The van der Waals surface area contributed by atoms with E-state index in [1.54, 1.807) is 0 Å². The van der Waals surface area contributed by atoms with E-state index in [2.05, 4.69) is 19.1 Å². The van der Waals surface area contributed by atoms with Gasteiger partial charge in [0, 0.05) is 18.4 Å². The van der Waals surface area contributed by atoms with Gasteiger partial charge in [-0.3, -0.25) is 9.59 Å². The molecule has 0 N–H and O–H groups in total. The molecule has 2 saturated heterocycles. The van der Waals surface area contributed by atoms with Gasteiger partial charge in [0.25, 0.3) is 0 Å². The molecule has 3 heterocycles. The Morgan fingerprint density at radius 1 is 0.905 bits per heavy atom. The van der Waals surface area contributed by atoms with Gasteiger partial charge in [-0.15, -0.1) is 0 Å². The van der Waals surface area contributed by atoms with E-state index in [9.17, 15) is 14.4 Å². The van der Waals surface area contributed by atoms with Gasteiger partial charge < -0.3 is 23.7 Å². The van der Waals surface area contributed by atoms with Gasteiger partial charge in [-0.1, -0.05) is 61.4 Å². The molecule has 3 rings (SSSR count). The molecular weight excluding hydrogens is 536 g/mol. The molecule has 232 valence electrons. The molecule has 0 aromatic carbocycles.